The van der Waals surface area contributed by atoms with Gasteiger partial charge in [-0.15, -0.1) is 12.4 Å². The summed E-state index contributed by atoms with van der Waals surface area (Å²) >= 11 is 11.8. The molecule has 1 unspecified atom stereocenters. The van der Waals surface area contributed by atoms with E-state index in [-0.39, 0.29) is 25.1 Å². The van der Waals surface area contributed by atoms with Crippen LogP contribution in [0.1, 0.15) is 23.6 Å². The van der Waals surface area contributed by atoms with Crippen molar-refractivity contribution in [3.05, 3.63) is 63.6 Å². The molecule has 0 aliphatic heterocycles. The Hall–Kier alpha value is -0.970. The second-order valence-electron chi connectivity index (χ2n) is 4.72. The molecule has 1 atom stereocenters. The van der Waals surface area contributed by atoms with E-state index >= 15 is 0 Å². The molecule has 120 valence electrons. The fraction of sp³-hybridized carbons (Fsp3) is 0.250. The monoisotopic (exact) mass is 361 g/mol. The smallest absolute Gasteiger partial charge is 0.119 e. The SMILES string of the molecule is Cl.NC(CCO)c1ccc(OCc2ccc(Cl)c(Cl)c2)cc1. The van der Waals surface area contributed by atoms with Crippen molar-refractivity contribution in [3.8, 4) is 5.75 Å². The third kappa shape index (κ3) is 5.34. The Morgan fingerprint density at radius 1 is 1.05 bits per heavy atom. The first-order valence-corrected chi connectivity index (χ1v) is 7.39. The van der Waals surface area contributed by atoms with Gasteiger partial charge in [-0.25, -0.2) is 0 Å². The highest BCUT2D eigenvalue weighted by Gasteiger charge is 2.05. The Morgan fingerprint density at radius 3 is 2.32 bits per heavy atom. The van der Waals surface area contributed by atoms with Gasteiger partial charge in [0, 0.05) is 12.6 Å². The van der Waals surface area contributed by atoms with Gasteiger partial charge in [0.2, 0.25) is 0 Å². The van der Waals surface area contributed by atoms with Gasteiger partial charge in [0.1, 0.15) is 12.4 Å². The molecular formula is C16H18Cl3NO2. The lowest BCUT2D eigenvalue weighted by Gasteiger charge is -2.12. The van der Waals surface area contributed by atoms with Crippen molar-refractivity contribution >= 4 is 35.6 Å². The number of nitrogens with two attached hydrogens (primary N) is 1. The molecule has 2 rings (SSSR count). The van der Waals surface area contributed by atoms with Crippen LogP contribution in [0.3, 0.4) is 0 Å². The molecule has 0 radical (unpaired) electrons. The molecule has 0 heterocycles. The molecule has 0 saturated carbocycles. The van der Waals surface area contributed by atoms with E-state index < -0.39 is 0 Å². The molecule has 2 aromatic carbocycles. The Balaban J connectivity index is 0.00000242. The maximum absolute atomic E-state index is 8.88. The molecule has 2 aromatic rings. The fourth-order valence-corrected chi connectivity index (χ4v) is 2.23. The normalized spacial score (nSPS) is 11.6. The molecule has 0 amide bonds. The van der Waals surface area contributed by atoms with E-state index in [0.29, 0.717) is 23.1 Å². The van der Waals surface area contributed by atoms with Crippen LogP contribution in [0.2, 0.25) is 10.0 Å². The zero-order valence-electron chi connectivity index (χ0n) is 11.8. The molecule has 0 spiro atoms. The van der Waals surface area contributed by atoms with Crippen LogP contribution >= 0.6 is 35.6 Å². The van der Waals surface area contributed by atoms with Gasteiger partial charge >= 0.3 is 0 Å². The lowest BCUT2D eigenvalue weighted by Crippen LogP contribution is -2.11. The number of rotatable bonds is 6. The summed E-state index contributed by atoms with van der Waals surface area (Å²) in [4.78, 5) is 0. The highest BCUT2D eigenvalue weighted by atomic mass is 35.5. The van der Waals surface area contributed by atoms with Crippen molar-refractivity contribution in [3.63, 3.8) is 0 Å². The van der Waals surface area contributed by atoms with Crippen LogP contribution in [-0.4, -0.2) is 11.7 Å². The maximum Gasteiger partial charge on any atom is 0.119 e. The van der Waals surface area contributed by atoms with Gasteiger partial charge in [0.15, 0.2) is 0 Å². The first kappa shape index (κ1) is 19.1. The molecule has 0 aliphatic rings. The van der Waals surface area contributed by atoms with Crippen LogP contribution in [0, 0.1) is 0 Å². The van der Waals surface area contributed by atoms with Crippen LogP contribution in [0.4, 0.5) is 0 Å². The van der Waals surface area contributed by atoms with E-state index in [0.717, 1.165) is 16.9 Å². The minimum atomic E-state index is -0.154. The number of hydrogen-bond donors (Lipinski definition) is 2. The quantitative estimate of drug-likeness (QED) is 0.802. The van der Waals surface area contributed by atoms with E-state index in [2.05, 4.69) is 0 Å². The summed E-state index contributed by atoms with van der Waals surface area (Å²) in [7, 11) is 0. The summed E-state index contributed by atoms with van der Waals surface area (Å²) in [6.07, 6.45) is 0.545. The second kappa shape index (κ2) is 9.23. The van der Waals surface area contributed by atoms with E-state index in [9.17, 15) is 0 Å². The van der Waals surface area contributed by atoms with E-state index in [1.54, 1.807) is 12.1 Å². The molecule has 3 nitrogen and oxygen atoms in total. The number of hydrogen-bond acceptors (Lipinski definition) is 3. The number of aliphatic hydroxyl groups is 1. The average molecular weight is 363 g/mol. The zero-order valence-corrected chi connectivity index (χ0v) is 14.2. The Morgan fingerprint density at radius 2 is 1.73 bits per heavy atom. The van der Waals surface area contributed by atoms with Gasteiger partial charge in [-0.05, 0) is 41.8 Å². The molecule has 0 fully saturated rings. The van der Waals surface area contributed by atoms with Crippen molar-refractivity contribution in [1.29, 1.82) is 0 Å². The number of benzene rings is 2. The van der Waals surface area contributed by atoms with Crippen LogP contribution in [0.25, 0.3) is 0 Å². The van der Waals surface area contributed by atoms with Crippen molar-refractivity contribution in [2.75, 3.05) is 6.61 Å². The average Bonchev–Trinajstić information content (AvgIpc) is 2.49. The lowest BCUT2D eigenvalue weighted by molar-refractivity contribution is 0.276. The van der Waals surface area contributed by atoms with Gasteiger partial charge in [-0.1, -0.05) is 41.4 Å². The lowest BCUT2D eigenvalue weighted by atomic mass is 10.1. The summed E-state index contributed by atoms with van der Waals surface area (Å²) in [6.45, 7) is 0.496. The highest BCUT2D eigenvalue weighted by molar-refractivity contribution is 6.42. The van der Waals surface area contributed by atoms with Crippen molar-refractivity contribution in [2.24, 2.45) is 5.73 Å². The molecule has 22 heavy (non-hydrogen) atoms. The minimum absolute atomic E-state index is 0. The van der Waals surface area contributed by atoms with Crippen molar-refractivity contribution in [2.45, 2.75) is 19.1 Å². The van der Waals surface area contributed by atoms with Crippen LogP contribution in [0.5, 0.6) is 5.75 Å². The second-order valence-corrected chi connectivity index (χ2v) is 5.54. The number of aliphatic hydroxyl groups excluding tert-OH is 1. The Bertz CT molecular complexity index is 590. The molecule has 0 bridgehead atoms. The topological polar surface area (TPSA) is 55.5 Å². The van der Waals surface area contributed by atoms with Gasteiger partial charge in [-0.2, -0.15) is 0 Å². The number of halogens is 3. The summed E-state index contributed by atoms with van der Waals surface area (Å²) in [6, 6.07) is 12.8. The van der Waals surface area contributed by atoms with Gasteiger partial charge in [0.05, 0.1) is 10.0 Å². The van der Waals surface area contributed by atoms with Gasteiger partial charge < -0.3 is 15.6 Å². The summed E-state index contributed by atoms with van der Waals surface area (Å²) in [5.74, 6) is 0.751. The Labute approximate surface area is 146 Å². The van der Waals surface area contributed by atoms with Crippen molar-refractivity contribution in [1.82, 2.24) is 0 Å². The predicted molar refractivity (Wildman–Crippen MR) is 93.1 cm³/mol. The van der Waals surface area contributed by atoms with Gasteiger partial charge in [0.25, 0.3) is 0 Å². The third-order valence-electron chi connectivity index (χ3n) is 3.14. The first-order valence-electron chi connectivity index (χ1n) is 6.63. The molecule has 3 N–H and O–H groups in total. The first-order chi connectivity index (χ1) is 10.1. The number of ether oxygens (including phenoxy) is 1. The van der Waals surface area contributed by atoms with Crippen LogP contribution < -0.4 is 10.5 Å². The maximum atomic E-state index is 8.88. The largest absolute Gasteiger partial charge is 0.489 e. The standard InChI is InChI=1S/C16H17Cl2NO2.ClH/c17-14-6-1-11(9-15(14)18)10-21-13-4-2-12(3-5-13)16(19)7-8-20;/h1-6,9,16,20H,7-8,10,19H2;1H. The van der Waals surface area contributed by atoms with Gasteiger partial charge in [-0.3, -0.25) is 0 Å². The fourth-order valence-electron chi connectivity index (χ4n) is 1.91. The van der Waals surface area contributed by atoms with E-state index in [4.69, 9.17) is 38.8 Å². The molecule has 0 aliphatic carbocycles. The minimum Gasteiger partial charge on any atom is -0.489 e. The van der Waals surface area contributed by atoms with Crippen LogP contribution in [0.15, 0.2) is 42.5 Å². The molecule has 0 saturated heterocycles. The molecule has 6 heteroatoms. The highest BCUT2D eigenvalue weighted by Crippen LogP contribution is 2.24. The van der Waals surface area contributed by atoms with E-state index in [1.165, 1.54) is 0 Å². The van der Waals surface area contributed by atoms with Crippen LogP contribution in [-0.2, 0) is 6.61 Å². The van der Waals surface area contributed by atoms with E-state index in [1.807, 2.05) is 30.3 Å². The summed E-state index contributed by atoms with van der Waals surface area (Å²) < 4.78 is 5.69. The summed E-state index contributed by atoms with van der Waals surface area (Å²) in [5, 5.41) is 9.93. The molecule has 0 aromatic heterocycles. The molecular weight excluding hydrogens is 345 g/mol. The van der Waals surface area contributed by atoms with Crippen molar-refractivity contribution < 1.29 is 9.84 Å². The zero-order chi connectivity index (χ0) is 15.2. The predicted octanol–water partition coefficient (Wildman–Crippen LogP) is 4.38. The third-order valence-corrected chi connectivity index (χ3v) is 3.88. The summed E-state index contributed by atoms with van der Waals surface area (Å²) in [5.41, 5.74) is 7.85. The Kier molecular flexibility index (Phi) is 8.01.